The highest BCUT2D eigenvalue weighted by Gasteiger charge is 2.28. The molecule has 1 aliphatic rings. The van der Waals surface area contributed by atoms with E-state index in [0.29, 0.717) is 18.2 Å². The number of aromatic amines is 1. The molecule has 5 heteroatoms. The molecule has 1 N–H and O–H groups in total. The van der Waals surface area contributed by atoms with Crippen molar-refractivity contribution in [1.82, 2.24) is 15.1 Å². The van der Waals surface area contributed by atoms with E-state index in [1.807, 2.05) is 17.2 Å². The van der Waals surface area contributed by atoms with Crippen LogP contribution in [0.1, 0.15) is 12.0 Å². The maximum atomic E-state index is 11.8. The predicted molar refractivity (Wildman–Crippen MR) is 75.2 cm³/mol. The minimum Gasteiger partial charge on any atom is -0.342 e. The number of benzene rings is 1. The second kappa shape index (κ2) is 5.21. The van der Waals surface area contributed by atoms with Gasteiger partial charge in [0.1, 0.15) is 0 Å². The number of aromatic nitrogens is 2. The second-order valence-electron chi connectivity index (χ2n) is 5.11. The van der Waals surface area contributed by atoms with E-state index >= 15 is 0 Å². The normalized spacial score (nSPS) is 19.5. The van der Waals surface area contributed by atoms with Crippen molar-refractivity contribution < 1.29 is 4.79 Å². The highest BCUT2D eigenvalue weighted by molar-refractivity contribution is 6.18. The van der Waals surface area contributed by atoms with Crippen molar-refractivity contribution >= 4 is 28.4 Å². The summed E-state index contributed by atoms with van der Waals surface area (Å²) in [5, 5.41) is 8.06. The second-order valence-corrected chi connectivity index (χ2v) is 5.41. The van der Waals surface area contributed by atoms with Crippen LogP contribution in [-0.4, -0.2) is 40.0 Å². The van der Waals surface area contributed by atoms with E-state index in [1.165, 1.54) is 5.56 Å². The fraction of sp³-hybridized carbons (Fsp3) is 0.429. The van der Waals surface area contributed by atoms with Crippen LogP contribution >= 0.6 is 11.6 Å². The Balaban J connectivity index is 1.64. The molecule has 1 amide bonds. The van der Waals surface area contributed by atoms with Crippen molar-refractivity contribution in [2.24, 2.45) is 5.92 Å². The maximum Gasteiger partial charge on any atom is 0.222 e. The first-order valence-corrected chi connectivity index (χ1v) is 7.05. The molecule has 0 radical (unpaired) electrons. The topological polar surface area (TPSA) is 49.0 Å². The molecule has 100 valence electrons. The molecule has 0 saturated carbocycles. The van der Waals surface area contributed by atoms with Crippen LogP contribution in [0, 0.1) is 5.92 Å². The number of H-pyrrole nitrogens is 1. The lowest BCUT2D eigenvalue weighted by molar-refractivity contribution is -0.127. The number of rotatable bonds is 4. The lowest BCUT2D eigenvalue weighted by atomic mass is 10.1. The predicted octanol–water partition coefficient (Wildman–Crippen LogP) is 2.19. The van der Waals surface area contributed by atoms with Crippen LogP contribution in [0.25, 0.3) is 10.9 Å². The summed E-state index contributed by atoms with van der Waals surface area (Å²) in [4.78, 5) is 13.7. The molecule has 2 heterocycles. The zero-order valence-electron chi connectivity index (χ0n) is 10.6. The molecule has 3 rings (SSSR count). The van der Waals surface area contributed by atoms with Crippen LogP contribution in [0.15, 0.2) is 24.4 Å². The first kappa shape index (κ1) is 12.5. The van der Waals surface area contributed by atoms with Crippen molar-refractivity contribution in [2.75, 3.05) is 19.0 Å². The Bertz CT molecular complexity index is 595. The molecule has 1 unspecified atom stereocenters. The Morgan fingerprint density at radius 2 is 2.37 bits per heavy atom. The zero-order chi connectivity index (χ0) is 13.2. The summed E-state index contributed by atoms with van der Waals surface area (Å²) in [6, 6.07) is 6.24. The molecule has 4 nitrogen and oxygen atoms in total. The molecule has 1 aliphatic heterocycles. The third-order valence-electron chi connectivity index (χ3n) is 3.69. The summed E-state index contributed by atoms with van der Waals surface area (Å²) in [6.45, 7) is 1.58. The summed E-state index contributed by atoms with van der Waals surface area (Å²) in [5.41, 5.74) is 2.28. The van der Waals surface area contributed by atoms with E-state index in [2.05, 4.69) is 22.3 Å². The summed E-state index contributed by atoms with van der Waals surface area (Å²) in [6.07, 6.45) is 3.30. The van der Waals surface area contributed by atoms with Gasteiger partial charge in [-0.2, -0.15) is 5.10 Å². The number of hydrogen-bond donors (Lipinski definition) is 1. The van der Waals surface area contributed by atoms with Gasteiger partial charge in [-0.15, -0.1) is 11.6 Å². The SMILES string of the molecule is O=C1CC(CCl)CN1CCc1ccc2[nH]ncc2c1. The summed E-state index contributed by atoms with van der Waals surface area (Å²) in [5.74, 6) is 1.13. The third-order valence-corrected chi connectivity index (χ3v) is 4.12. The average molecular weight is 278 g/mol. The molecular weight excluding hydrogens is 262 g/mol. The Hall–Kier alpha value is -1.55. The summed E-state index contributed by atoms with van der Waals surface area (Å²) in [7, 11) is 0. The largest absolute Gasteiger partial charge is 0.342 e. The van der Waals surface area contributed by atoms with Gasteiger partial charge in [0.05, 0.1) is 11.7 Å². The number of hydrogen-bond acceptors (Lipinski definition) is 2. The number of nitrogens with one attached hydrogen (secondary N) is 1. The first-order chi connectivity index (χ1) is 9.26. The first-order valence-electron chi connectivity index (χ1n) is 6.52. The van der Waals surface area contributed by atoms with Gasteiger partial charge in [-0.3, -0.25) is 9.89 Å². The van der Waals surface area contributed by atoms with Crippen molar-refractivity contribution in [3.05, 3.63) is 30.0 Å². The van der Waals surface area contributed by atoms with Gasteiger partial charge in [0, 0.05) is 30.8 Å². The van der Waals surface area contributed by atoms with Crippen LogP contribution in [-0.2, 0) is 11.2 Å². The zero-order valence-corrected chi connectivity index (χ0v) is 11.4. The number of alkyl halides is 1. The van der Waals surface area contributed by atoms with Crippen LogP contribution in [0.3, 0.4) is 0 Å². The van der Waals surface area contributed by atoms with Gasteiger partial charge in [0.15, 0.2) is 0 Å². The number of fused-ring (bicyclic) bond motifs is 1. The molecule has 0 spiro atoms. The summed E-state index contributed by atoms with van der Waals surface area (Å²) >= 11 is 5.82. The molecule has 0 aliphatic carbocycles. The van der Waals surface area contributed by atoms with Gasteiger partial charge in [-0.1, -0.05) is 6.07 Å². The van der Waals surface area contributed by atoms with Gasteiger partial charge in [0.2, 0.25) is 5.91 Å². The van der Waals surface area contributed by atoms with Crippen molar-refractivity contribution in [1.29, 1.82) is 0 Å². The standard InChI is InChI=1S/C14H16ClN3O/c15-7-11-6-14(19)18(9-11)4-3-10-1-2-13-12(5-10)8-16-17-13/h1-2,5,8,11H,3-4,6-7,9H2,(H,16,17). The Kier molecular flexibility index (Phi) is 3.42. The molecule has 2 aromatic rings. The van der Waals surface area contributed by atoms with E-state index in [1.54, 1.807) is 0 Å². The molecule has 1 atom stereocenters. The highest BCUT2D eigenvalue weighted by Crippen LogP contribution is 2.20. The number of amides is 1. The van der Waals surface area contributed by atoms with Crippen LogP contribution in [0.2, 0.25) is 0 Å². The monoisotopic (exact) mass is 277 g/mol. The van der Waals surface area contributed by atoms with E-state index in [4.69, 9.17) is 11.6 Å². The molecule has 1 fully saturated rings. The van der Waals surface area contributed by atoms with E-state index in [0.717, 1.165) is 30.4 Å². The number of carbonyl (C=O) groups excluding carboxylic acids is 1. The lowest BCUT2D eigenvalue weighted by Gasteiger charge is -2.16. The van der Waals surface area contributed by atoms with Gasteiger partial charge < -0.3 is 4.90 Å². The maximum absolute atomic E-state index is 11.8. The quantitative estimate of drug-likeness (QED) is 0.871. The third kappa shape index (κ3) is 2.59. The van der Waals surface area contributed by atoms with E-state index in [-0.39, 0.29) is 5.91 Å². The summed E-state index contributed by atoms with van der Waals surface area (Å²) < 4.78 is 0. The smallest absolute Gasteiger partial charge is 0.222 e. The molecule has 1 aromatic carbocycles. The molecular formula is C14H16ClN3O. The Morgan fingerprint density at radius 1 is 1.47 bits per heavy atom. The van der Waals surface area contributed by atoms with Crippen LogP contribution in [0.5, 0.6) is 0 Å². The molecule has 19 heavy (non-hydrogen) atoms. The Labute approximate surface area is 116 Å². The fourth-order valence-corrected chi connectivity index (χ4v) is 2.79. The van der Waals surface area contributed by atoms with E-state index < -0.39 is 0 Å². The fourth-order valence-electron chi connectivity index (χ4n) is 2.59. The lowest BCUT2D eigenvalue weighted by Crippen LogP contribution is -2.27. The minimum atomic E-state index is 0.232. The van der Waals surface area contributed by atoms with Gasteiger partial charge in [-0.05, 0) is 30.0 Å². The molecule has 1 aromatic heterocycles. The average Bonchev–Trinajstić information content (AvgIpc) is 3.02. The minimum absolute atomic E-state index is 0.232. The number of nitrogens with zero attached hydrogens (tertiary/aromatic N) is 2. The van der Waals surface area contributed by atoms with Crippen LogP contribution in [0.4, 0.5) is 0 Å². The molecule has 1 saturated heterocycles. The highest BCUT2D eigenvalue weighted by atomic mass is 35.5. The van der Waals surface area contributed by atoms with Crippen molar-refractivity contribution in [3.63, 3.8) is 0 Å². The van der Waals surface area contributed by atoms with Crippen molar-refractivity contribution in [3.8, 4) is 0 Å². The van der Waals surface area contributed by atoms with Crippen LogP contribution < -0.4 is 0 Å². The van der Waals surface area contributed by atoms with Crippen molar-refractivity contribution in [2.45, 2.75) is 12.8 Å². The van der Waals surface area contributed by atoms with Gasteiger partial charge in [0.25, 0.3) is 0 Å². The Morgan fingerprint density at radius 3 is 3.16 bits per heavy atom. The number of halogens is 1. The number of carbonyl (C=O) groups is 1. The van der Waals surface area contributed by atoms with Gasteiger partial charge >= 0.3 is 0 Å². The molecule has 0 bridgehead atoms. The number of likely N-dealkylation sites (tertiary alicyclic amines) is 1. The van der Waals surface area contributed by atoms with E-state index in [9.17, 15) is 4.79 Å². The van der Waals surface area contributed by atoms with Gasteiger partial charge in [-0.25, -0.2) is 0 Å².